The van der Waals surface area contributed by atoms with E-state index in [9.17, 15) is 19.5 Å². The third-order valence-electron chi connectivity index (χ3n) is 9.20. The molecule has 3 aliphatic rings. The molecule has 3 unspecified atom stereocenters. The molecular weight excluding hydrogens is 522 g/mol. The van der Waals surface area contributed by atoms with Crippen LogP contribution in [0.5, 0.6) is 0 Å². The van der Waals surface area contributed by atoms with Gasteiger partial charge < -0.3 is 19.8 Å². The summed E-state index contributed by atoms with van der Waals surface area (Å²) in [5, 5.41) is 10.4. The summed E-state index contributed by atoms with van der Waals surface area (Å²) < 4.78 is -0.717. The van der Waals surface area contributed by atoms with Gasteiger partial charge in [0.25, 0.3) is 0 Å². The second-order valence-corrected chi connectivity index (χ2v) is 15.5. The Kier molecular flexibility index (Phi) is 9.98. The van der Waals surface area contributed by atoms with Gasteiger partial charge in [0.2, 0.25) is 17.7 Å². The molecule has 0 saturated carbocycles. The number of aliphatic hydroxyl groups excluding tert-OH is 1. The number of likely N-dealkylation sites (tertiary alicyclic amines) is 1. The summed E-state index contributed by atoms with van der Waals surface area (Å²) in [5.74, 6) is -1.25. The summed E-state index contributed by atoms with van der Waals surface area (Å²) in [7, 11) is 0. The van der Waals surface area contributed by atoms with E-state index in [1.165, 1.54) is 0 Å². The van der Waals surface area contributed by atoms with Crippen LogP contribution >= 0.6 is 11.8 Å². The maximum absolute atomic E-state index is 14.9. The van der Waals surface area contributed by atoms with Crippen LogP contribution in [0.3, 0.4) is 0 Å². The summed E-state index contributed by atoms with van der Waals surface area (Å²) in [5.41, 5.74) is -0.513. The zero-order valence-corrected chi connectivity index (χ0v) is 26.9. The summed E-state index contributed by atoms with van der Waals surface area (Å²) in [6.07, 6.45) is 6.41. The average molecular weight is 576 g/mol. The number of hydrogen-bond acceptors (Lipinski definition) is 5. The summed E-state index contributed by atoms with van der Waals surface area (Å²) in [4.78, 5) is 49.0. The van der Waals surface area contributed by atoms with Gasteiger partial charge >= 0.3 is 0 Å². The van der Waals surface area contributed by atoms with Crippen LogP contribution in [0.2, 0.25) is 0 Å². The van der Waals surface area contributed by atoms with E-state index < -0.39 is 34.2 Å². The zero-order chi connectivity index (χ0) is 30.2. The number of thioether (sulfide) groups is 1. The second kappa shape index (κ2) is 12.2. The number of carbonyl (C=O) groups is 3. The number of aliphatic hydroxyl groups is 1. The first-order chi connectivity index (χ1) is 18.7. The first-order valence-corrected chi connectivity index (χ1v) is 16.0. The van der Waals surface area contributed by atoms with Gasteiger partial charge in [-0.15, -0.1) is 24.9 Å². The lowest BCUT2D eigenvalue weighted by Crippen LogP contribution is -2.62. The highest BCUT2D eigenvalue weighted by atomic mass is 32.2. The van der Waals surface area contributed by atoms with Crippen molar-refractivity contribution in [3.63, 3.8) is 0 Å². The van der Waals surface area contributed by atoms with Crippen LogP contribution in [-0.4, -0.2) is 91.4 Å². The van der Waals surface area contributed by atoms with Crippen molar-refractivity contribution in [3.05, 3.63) is 25.3 Å². The molecule has 7 nitrogen and oxygen atoms in total. The largest absolute Gasteiger partial charge is 0.394 e. The van der Waals surface area contributed by atoms with Crippen LogP contribution in [0.4, 0.5) is 0 Å². The summed E-state index contributed by atoms with van der Waals surface area (Å²) in [6.45, 7) is 25.8. The fraction of sp³-hybridized carbons (Fsp3) is 0.781. The molecule has 1 N–H and O–H groups in total. The van der Waals surface area contributed by atoms with Crippen molar-refractivity contribution in [1.82, 2.24) is 14.7 Å². The minimum absolute atomic E-state index is 0.00696. The first kappa shape index (κ1) is 32.7. The third-order valence-corrected chi connectivity index (χ3v) is 11.3. The number of nitrogens with zero attached hydrogens (tertiary/aromatic N) is 3. The molecule has 3 saturated heterocycles. The highest BCUT2D eigenvalue weighted by molar-refractivity contribution is 8.02. The SMILES string of the molecule is C=CCN(CCC)C(=O)[C@@H]1[C@H]2C(=O)N([C@@H](CC)CO)C(C(=O)N(CC=C)C(C)(C)CC(C)(C)C)C23S[C@@H]1CC3C. The molecule has 0 aromatic carbocycles. The Bertz CT molecular complexity index is 987. The van der Waals surface area contributed by atoms with E-state index in [1.807, 2.05) is 23.6 Å². The maximum Gasteiger partial charge on any atom is 0.247 e. The maximum atomic E-state index is 14.9. The van der Waals surface area contributed by atoms with Crippen molar-refractivity contribution in [2.45, 2.75) is 109 Å². The lowest BCUT2D eigenvalue weighted by molar-refractivity contribution is -0.149. The number of rotatable bonds is 13. The molecule has 0 aromatic rings. The molecule has 40 heavy (non-hydrogen) atoms. The third kappa shape index (κ3) is 5.51. The number of hydrogen-bond donors (Lipinski definition) is 1. The Morgan fingerprint density at radius 1 is 1.15 bits per heavy atom. The minimum atomic E-state index is -0.747. The number of amides is 3. The van der Waals surface area contributed by atoms with Gasteiger partial charge in [-0.05, 0) is 50.9 Å². The van der Waals surface area contributed by atoms with E-state index in [0.717, 1.165) is 19.3 Å². The van der Waals surface area contributed by atoms with Crippen molar-refractivity contribution in [2.24, 2.45) is 23.2 Å². The van der Waals surface area contributed by atoms with Crippen LogP contribution in [0.15, 0.2) is 25.3 Å². The fourth-order valence-electron chi connectivity index (χ4n) is 8.06. The van der Waals surface area contributed by atoms with Gasteiger partial charge in [-0.2, -0.15) is 0 Å². The van der Waals surface area contributed by atoms with Gasteiger partial charge in [0.1, 0.15) is 6.04 Å². The van der Waals surface area contributed by atoms with Crippen LogP contribution in [-0.2, 0) is 14.4 Å². The molecule has 3 heterocycles. The van der Waals surface area contributed by atoms with Crippen LogP contribution < -0.4 is 0 Å². The highest BCUT2D eigenvalue weighted by Crippen LogP contribution is 2.69. The monoisotopic (exact) mass is 575 g/mol. The predicted molar refractivity (Wildman–Crippen MR) is 164 cm³/mol. The topological polar surface area (TPSA) is 81.2 Å². The van der Waals surface area contributed by atoms with Crippen molar-refractivity contribution in [3.8, 4) is 0 Å². The standard InChI is InChI=1S/C32H53N3O4S/c1-11-15-33(16-12-2)27(37)24-23-18-21(5)32(40-23)25(24)28(38)35(22(14-4)19-36)26(32)29(39)34(17-13-3)31(9,10)20-30(6,7)8/h11,13,21-26,36H,1,3,12,14-20H2,2,4-10H3/t21?,22-,23+,24-,25-,26?,32?/m0/s1. The Hall–Kier alpha value is -1.80. The molecular formula is C32H53N3O4S. The summed E-state index contributed by atoms with van der Waals surface area (Å²) in [6, 6.07) is -1.23. The molecule has 8 heteroatoms. The van der Waals surface area contributed by atoms with E-state index in [-0.39, 0.29) is 40.9 Å². The Balaban J connectivity index is 2.17. The van der Waals surface area contributed by atoms with Crippen LogP contribution in [0.25, 0.3) is 0 Å². The Morgan fingerprint density at radius 2 is 1.77 bits per heavy atom. The van der Waals surface area contributed by atoms with Crippen molar-refractivity contribution in [2.75, 3.05) is 26.2 Å². The highest BCUT2D eigenvalue weighted by Gasteiger charge is 2.77. The Labute approximate surface area is 246 Å². The molecule has 3 fully saturated rings. The zero-order valence-electron chi connectivity index (χ0n) is 26.1. The van der Waals surface area contributed by atoms with Gasteiger partial charge in [0.15, 0.2) is 0 Å². The van der Waals surface area contributed by atoms with Gasteiger partial charge in [-0.1, -0.05) is 53.7 Å². The molecule has 226 valence electrons. The van der Waals surface area contributed by atoms with E-state index in [2.05, 4.69) is 54.7 Å². The van der Waals surface area contributed by atoms with Gasteiger partial charge in [0, 0.05) is 30.4 Å². The van der Waals surface area contributed by atoms with E-state index in [4.69, 9.17) is 0 Å². The molecule has 3 aliphatic heterocycles. The first-order valence-electron chi connectivity index (χ1n) is 15.1. The predicted octanol–water partition coefficient (Wildman–Crippen LogP) is 4.75. The summed E-state index contributed by atoms with van der Waals surface area (Å²) >= 11 is 1.70. The van der Waals surface area contributed by atoms with Crippen LogP contribution in [0, 0.1) is 23.2 Å². The van der Waals surface area contributed by atoms with E-state index in [0.29, 0.717) is 26.1 Å². The Morgan fingerprint density at radius 3 is 2.27 bits per heavy atom. The molecule has 3 rings (SSSR count). The van der Waals surface area contributed by atoms with E-state index >= 15 is 0 Å². The van der Waals surface area contributed by atoms with Crippen molar-refractivity contribution in [1.29, 1.82) is 0 Å². The molecule has 3 amide bonds. The lowest BCUT2D eigenvalue weighted by Gasteiger charge is -2.47. The number of carbonyl (C=O) groups excluding carboxylic acids is 3. The van der Waals surface area contributed by atoms with Gasteiger partial charge in [-0.25, -0.2) is 0 Å². The quantitative estimate of drug-likeness (QED) is 0.321. The molecule has 0 aliphatic carbocycles. The van der Waals surface area contributed by atoms with Crippen molar-refractivity contribution >= 4 is 29.5 Å². The smallest absolute Gasteiger partial charge is 0.247 e. The van der Waals surface area contributed by atoms with Gasteiger partial charge in [0.05, 0.1) is 29.2 Å². The molecule has 0 aromatic heterocycles. The second-order valence-electron chi connectivity index (χ2n) is 13.9. The molecule has 2 bridgehead atoms. The lowest BCUT2D eigenvalue weighted by atomic mass is 9.65. The molecule has 7 atom stereocenters. The molecule has 1 spiro atoms. The van der Waals surface area contributed by atoms with Gasteiger partial charge in [-0.3, -0.25) is 14.4 Å². The van der Waals surface area contributed by atoms with Crippen LogP contribution in [0.1, 0.15) is 81.1 Å². The van der Waals surface area contributed by atoms with Crippen molar-refractivity contribution < 1.29 is 19.5 Å². The normalized spacial score (nSPS) is 30.3. The fourth-order valence-corrected chi connectivity index (χ4v) is 10.5. The average Bonchev–Trinajstić information content (AvgIpc) is 3.45. The number of fused-ring (bicyclic) bond motifs is 1. The minimum Gasteiger partial charge on any atom is -0.394 e. The van der Waals surface area contributed by atoms with E-state index in [1.54, 1.807) is 28.8 Å². The molecule has 0 radical (unpaired) electrons.